The van der Waals surface area contributed by atoms with Gasteiger partial charge in [-0.1, -0.05) is 102 Å². The van der Waals surface area contributed by atoms with E-state index in [2.05, 4.69) is 65.8 Å². The minimum Gasteiger partial charge on any atom is -0.478 e. The van der Waals surface area contributed by atoms with Gasteiger partial charge in [0.1, 0.15) is 23.0 Å². The van der Waals surface area contributed by atoms with Crippen LogP contribution in [0.3, 0.4) is 0 Å². The van der Waals surface area contributed by atoms with Crippen molar-refractivity contribution in [2.75, 3.05) is 0 Å². The second-order valence-corrected chi connectivity index (χ2v) is 16.6. The van der Waals surface area contributed by atoms with Crippen molar-refractivity contribution in [1.29, 1.82) is 0 Å². The Balaban J connectivity index is 1.47. The Labute approximate surface area is 341 Å². The quantitative estimate of drug-likeness (QED) is 0.105. The highest BCUT2D eigenvalue weighted by atomic mass is 16.5. The predicted molar refractivity (Wildman–Crippen MR) is 222 cm³/mol. The molecule has 0 fully saturated rings. The fourth-order valence-electron chi connectivity index (χ4n) is 8.20. The number of carbonyl (C=O) groups is 4. The molecule has 10 heteroatoms. The first-order chi connectivity index (χ1) is 27.8. The average Bonchev–Trinajstić information content (AvgIpc) is 3.48. The highest BCUT2D eigenvalue weighted by Gasteiger charge is 2.50. The van der Waals surface area contributed by atoms with Crippen molar-refractivity contribution < 1.29 is 49.1 Å². The smallest absolute Gasteiger partial charge is 0.336 e. The van der Waals surface area contributed by atoms with E-state index in [4.69, 9.17) is 9.47 Å². The average molecular weight is 791 g/mol. The van der Waals surface area contributed by atoms with E-state index < -0.39 is 40.1 Å². The summed E-state index contributed by atoms with van der Waals surface area (Å²) in [6, 6.07) is 36.1. The molecule has 0 saturated carbocycles. The first-order valence-electron chi connectivity index (χ1n) is 18.9. The van der Waals surface area contributed by atoms with Gasteiger partial charge < -0.3 is 29.9 Å². The first kappa shape index (κ1) is 40.0. The van der Waals surface area contributed by atoms with Crippen LogP contribution in [-0.2, 0) is 16.2 Å². The Morgan fingerprint density at radius 3 is 1.07 bits per heavy atom. The molecule has 0 aromatic heterocycles. The molecule has 0 spiro atoms. The maximum absolute atomic E-state index is 12.0. The van der Waals surface area contributed by atoms with Crippen molar-refractivity contribution in [3.63, 3.8) is 0 Å². The molecule has 298 valence electrons. The van der Waals surface area contributed by atoms with Crippen molar-refractivity contribution in [2.45, 2.75) is 57.8 Å². The Morgan fingerprint density at radius 2 is 0.729 bits per heavy atom. The highest BCUT2D eigenvalue weighted by Crippen LogP contribution is 2.59. The molecule has 0 saturated heterocycles. The Bertz CT molecular complexity index is 2530. The van der Waals surface area contributed by atoms with Gasteiger partial charge in [-0.05, 0) is 116 Å². The van der Waals surface area contributed by atoms with Crippen molar-refractivity contribution in [3.8, 4) is 34.1 Å². The van der Waals surface area contributed by atoms with Crippen molar-refractivity contribution >= 4 is 23.9 Å². The molecule has 1 aliphatic carbocycles. The van der Waals surface area contributed by atoms with Gasteiger partial charge in [-0.15, -0.1) is 0 Å². The summed E-state index contributed by atoms with van der Waals surface area (Å²) in [6.45, 7) is 12.7. The normalized spacial score (nSPS) is 12.9. The molecule has 1 aliphatic rings. The summed E-state index contributed by atoms with van der Waals surface area (Å²) < 4.78 is 12.6. The van der Waals surface area contributed by atoms with Crippen LogP contribution in [0.15, 0.2) is 121 Å². The van der Waals surface area contributed by atoms with Gasteiger partial charge in [-0.3, -0.25) is 0 Å². The number of carboxylic acid groups (broad SMARTS) is 4. The van der Waals surface area contributed by atoms with Gasteiger partial charge in [-0.25, -0.2) is 19.2 Å². The second-order valence-electron chi connectivity index (χ2n) is 16.6. The summed E-state index contributed by atoms with van der Waals surface area (Å²) in [7, 11) is 0. The van der Waals surface area contributed by atoms with Crippen molar-refractivity contribution in [2.24, 2.45) is 0 Å². The van der Waals surface area contributed by atoms with Crippen LogP contribution in [-0.4, -0.2) is 44.3 Å². The molecule has 0 heterocycles. The molecule has 0 radical (unpaired) electrons. The zero-order valence-corrected chi connectivity index (χ0v) is 33.3. The van der Waals surface area contributed by atoms with Gasteiger partial charge in [-0.2, -0.15) is 0 Å². The van der Waals surface area contributed by atoms with E-state index >= 15 is 0 Å². The molecule has 6 aromatic carbocycles. The summed E-state index contributed by atoms with van der Waals surface area (Å²) >= 11 is 0. The van der Waals surface area contributed by atoms with Gasteiger partial charge in [0, 0.05) is 0 Å². The topological polar surface area (TPSA) is 168 Å². The Morgan fingerprint density at radius 1 is 0.407 bits per heavy atom. The van der Waals surface area contributed by atoms with Crippen LogP contribution in [0.1, 0.15) is 116 Å². The lowest BCUT2D eigenvalue weighted by atomic mass is 9.61. The molecule has 59 heavy (non-hydrogen) atoms. The number of benzene rings is 6. The second kappa shape index (κ2) is 14.6. The fraction of sp³-hybridized carbons (Fsp3) is 0.184. The van der Waals surface area contributed by atoms with E-state index in [9.17, 15) is 39.6 Å². The van der Waals surface area contributed by atoms with Gasteiger partial charge in [0.2, 0.25) is 0 Å². The summed E-state index contributed by atoms with van der Waals surface area (Å²) in [6.07, 6.45) is 0. The van der Waals surface area contributed by atoms with Crippen molar-refractivity contribution in [3.05, 3.63) is 177 Å². The molecule has 0 unspecified atom stereocenters. The van der Waals surface area contributed by atoms with E-state index in [1.54, 1.807) is 0 Å². The van der Waals surface area contributed by atoms with Gasteiger partial charge in [0.15, 0.2) is 0 Å². The number of fused-ring (bicyclic) bond motifs is 3. The molecule has 7 rings (SSSR count). The largest absolute Gasteiger partial charge is 0.478 e. The van der Waals surface area contributed by atoms with Crippen LogP contribution >= 0.6 is 0 Å². The van der Waals surface area contributed by atoms with E-state index in [-0.39, 0.29) is 33.8 Å². The van der Waals surface area contributed by atoms with Crippen LogP contribution in [0.25, 0.3) is 11.1 Å². The van der Waals surface area contributed by atoms with E-state index in [0.29, 0.717) is 11.5 Å². The van der Waals surface area contributed by atoms with Crippen LogP contribution in [0.4, 0.5) is 0 Å². The van der Waals surface area contributed by atoms with Crippen LogP contribution < -0.4 is 9.47 Å². The molecule has 10 nitrogen and oxygen atoms in total. The lowest BCUT2D eigenvalue weighted by Crippen LogP contribution is -2.35. The lowest BCUT2D eigenvalue weighted by molar-refractivity contribution is 0.0651. The summed E-state index contributed by atoms with van der Waals surface area (Å²) in [5.74, 6) is -4.27. The number of ether oxygens (including phenoxy) is 2. The summed E-state index contributed by atoms with van der Waals surface area (Å²) in [4.78, 5) is 47.5. The molecule has 0 aliphatic heterocycles. The zero-order chi connectivity index (χ0) is 42.6. The van der Waals surface area contributed by atoms with Crippen LogP contribution in [0, 0.1) is 0 Å². The summed E-state index contributed by atoms with van der Waals surface area (Å²) in [5.41, 5.74) is 4.83. The third-order valence-electron chi connectivity index (χ3n) is 10.7. The molecular weight excluding hydrogens is 749 g/mol. The maximum atomic E-state index is 12.0. The van der Waals surface area contributed by atoms with E-state index in [0.717, 1.165) is 44.5 Å². The van der Waals surface area contributed by atoms with Crippen LogP contribution in [0.5, 0.6) is 23.0 Å². The SMILES string of the molecule is CC(C)(C)c1cc(Oc2ccc(C(=O)O)c(C(=O)O)c2)ccc1C1(c2ccc(Oc3ccc(C(=O)O)c(C(=O)O)c3)cc2C(C)(C)C)c2ccccc2-c2ccccc21. The van der Waals surface area contributed by atoms with Gasteiger partial charge in [0.05, 0.1) is 27.7 Å². The molecule has 6 aromatic rings. The van der Waals surface area contributed by atoms with Gasteiger partial charge in [0.25, 0.3) is 0 Å². The summed E-state index contributed by atoms with van der Waals surface area (Å²) in [5, 5.41) is 38.7. The zero-order valence-electron chi connectivity index (χ0n) is 33.3. The standard InChI is InChI=1S/C49H42O10/c1-47(2,3)41-25-29(58-27-15-19-33(43(50)51)35(23-27)45(54)55)17-21-39(41)49(37-13-9-7-11-31(37)32-12-8-10-14-38(32)49)40-22-18-30(26-42(40)48(4,5)6)59-28-16-20-34(44(52)53)36(24-28)46(56)57/h7-26H,1-6H3,(H,50,51)(H,52,53)(H,54,55)(H,56,57). The third-order valence-corrected chi connectivity index (χ3v) is 10.7. The van der Waals surface area contributed by atoms with Crippen molar-refractivity contribution in [1.82, 2.24) is 0 Å². The highest BCUT2D eigenvalue weighted by molar-refractivity contribution is 6.02. The lowest BCUT2D eigenvalue weighted by Gasteiger charge is -2.41. The van der Waals surface area contributed by atoms with Crippen LogP contribution in [0.2, 0.25) is 0 Å². The first-order valence-corrected chi connectivity index (χ1v) is 18.9. The molecular formula is C49H42O10. The van der Waals surface area contributed by atoms with Gasteiger partial charge >= 0.3 is 23.9 Å². The Hall–Kier alpha value is -7.20. The monoisotopic (exact) mass is 790 g/mol. The number of hydrogen-bond donors (Lipinski definition) is 4. The Kier molecular flexibility index (Phi) is 9.92. The number of hydrogen-bond acceptors (Lipinski definition) is 6. The molecule has 0 atom stereocenters. The maximum Gasteiger partial charge on any atom is 0.336 e. The molecule has 4 N–H and O–H groups in total. The number of rotatable bonds is 10. The molecule has 0 amide bonds. The molecule has 0 bridgehead atoms. The third kappa shape index (κ3) is 7.07. The number of carboxylic acids is 4. The predicted octanol–water partition coefficient (Wildman–Crippen LogP) is 11.0. The minimum absolute atomic E-state index is 0.171. The minimum atomic E-state index is -1.38. The fourth-order valence-corrected chi connectivity index (χ4v) is 8.20. The van der Waals surface area contributed by atoms with E-state index in [1.807, 2.05) is 60.7 Å². The van der Waals surface area contributed by atoms with E-state index in [1.165, 1.54) is 36.4 Å². The number of aromatic carboxylic acids is 4.